The highest BCUT2D eigenvalue weighted by atomic mass is 79.9. The molecule has 4 N–H and O–H groups in total. The van der Waals surface area contributed by atoms with E-state index in [1.165, 1.54) is 18.2 Å². The molecule has 2 aromatic carbocycles. The van der Waals surface area contributed by atoms with Crippen LogP contribution in [0.15, 0.2) is 46.9 Å². The van der Waals surface area contributed by atoms with Gasteiger partial charge >= 0.3 is 0 Å². The molecule has 0 aliphatic rings. The van der Waals surface area contributed by atoms with Gasteiger partial charge in [-0.25, -0.2) is 0 Å². The molecule has 7 nitrogen and oxygen atoms in total. The van der Waals surface area contributed by atoms with E-state index in [0.29, 0.717) is 10.7 Å². The van der Waals surface area contributed by atoms with Gasteiger partial charge < -0.3 is 21.1 Å². The number of amides is 3. The number of carbonyl (C=O) groups is 3. The van der Waals surface area contributed by atoms with E-state index in [1.54, 1.807) is 18.2 Å². The van der Waals surface area contributed by atoms with Gasteiger partial charge in [-0.3, -0.25) is 14.4 Å². The highest BCUT2D eigenvalue weighted by Gasteiger charge is 2.13. The molecule has 0 aliphatic heterocycles. The second kappa shape index (κ2) is 9.21. The molecule has 0 heterocycles. The zero-order valence-electron chi connectivity index (χ0n) is 13.4. The van der Waals surface area contributed by atoms with Crippen LogP contribution in [0, 0.1) is 0 Å². The summed E-state index contributed by atoms with van der Waals surface area (Å²) in [6.45, 7) is -0.614. The fourth-order valence-electron chi connectivity index (χ4n) is 1.95. The number of para-hydroxylation sites is 1. The number of carbonyl (C=O) groups excluding carboxylic acids is 3. The number of nitrogens with one attached hydrogen (secondary N) is 2. The molecule has 9 heteroatoms. The van der Waals surface area contributed by atoms with Crippen molar-refractivity contribution >= 4 is 50.9 Å². The van der Waals surface area contributed by atoms with Crippen LogP contribution in [0.1, 0.15) is 10.4 Å². The van der Waals surface area contributed by atoms with E-state index in [9.17, 15) is 14.4 Å². The zero-order valence-corrected chi connectivity index (χ0v) is 15.8. The lowest BCUT2D eigenvalue weighted by Gasteiger charge is -2.11. The molecule has 0 aliphatic carbocycles. The number of nitrogens with two attached hydrogens (primary N) is 1. The topological polar surface area (TPSA) is 111 Å². The first-order valence-corrected chi connectivity index (χ1v) is 8.57. The summed E-state index contributed by atoms with van der Waals surface area (Å²) in [5, 5.41) is 5.39. The third-order valence-electron chi connectivity index (χ3n) is 3.16. The van der Waals surface area contributed by atoms with Gasteiger partial charge in [0.15, 0.2) is 6.61 Å². The minimum Gasteiger partial charge on any atom is -0.483 e. The number of benzene rings is 2. The lowest BCUT2D eigenvalue weighted by Crippen LogP contribution is -2.36. The van der Waals surface area contributed by atoms with E-state index >= 15 is 0 Å². The summed E-state index contributed by atoms with van der Waals surface area (Å²) in [6, 6.07) is 11.4. The lowest BCUT2D eigenvalue weighted by atomic mass is 10.2. The molecule has 26 heavy (non-hydrogen) atoms. The highest BCUT2D eigenvalue weighted by molar-refractivity contribution is 9.10. The Bertz CT molecular complexity index is 845. The van der Waals surface area contributed by atoms with Gasteiger partial charge in [0.2, 0.25) is 5.91 Å². The van der Waals surface area contributed by atoms with Crippen molar-refractivity contribution in [1.29, 1.82) is 0 Å². The molecule has 0 saturated carbocycles. The van der Waals surface area contributed by atoms with Crippen LogP contribution in [-0.4, -0.2) is 30.9 Å². The van der Waals surface area contributed by atoms with Crippen LogP contribution in [0.5, 0.6) is 5.75 Å². The van der Waals surface area contributed by atoms with Crippen LogP contribution in [0.4, 0.5) is 5.69 Å². The summed E-state index contributed by atoms with van der Waals surface area (Å²) in [4.78, 5) is 35.0. The first kappa shape index (κ1) is 19.7. The van der Waals surface area contributed by atoms with Crippen molar-refractivity contribution in [3.8, 4) is 5.75 Å². The molecule has 0 unspecified atom stereocenters. The molecular weight excluding hydrogens is 426 g/mol. The van der Waals surface area contributed by atoms with Crippen LogP contribution in [0.25, 0.3) is 0 Å². The van der Waals surface area contributed by atoms with E-state index in [-0.39, 0.29) is 24.5 Å². The number of rotatable bonds is 7. The third kappa shape index (κ3) is 5.75. The van der Waals surface area contributed by atoms with Gasteiger partial charge in [-0.05, 0) is 46.3 Å². The number of halogens is 2. The number of anilines is 1. The van der Waals surface area contributed by atoms with E-state index in [4.69, 9.17) is 22.1 Å². The Labute approximate surface area is 163 Å². The van der Waals surface area contributed by atoms with E-state index in [0.717, 1.165) is 4.47 Å². The van der Waals surface area contributed by atoms with Crippen LogP contribution in [-0.2, 0) is 9.59 Å². The Morgan fingerprint density at radius 2 is 1.85 bits per heavy atom. The average Bonchev–Trinajstić information content (AvgIpc) is 2.60. The van der Waals surface area contributed by atoms with Crippen molar-refractivity contribution in [2.24, 2.45) is 5.73 Å². The predicted molar refractivity (Wildman–Crippen MR) is 101 cm³/mol. The summed E-state index contributed by atoms with van der Waals surface area (Å²) in [6.07, 6.45) is 0. The van der Waals surface area contributed by atoms with E-state index in [2.05, 4.69) is 26.6 Å². The molecule has 0 spiro atoms. The SMILES string of the molecule is NC(=O)c1cc(Cl)ccc1OCC(=O)NCC(=O)Nc1ccccc1Br. The van der Waals surface area contributed by atoms with Crippen molar-refractivity contribution in [2.45, 2.75) is 0 Å². The van der Waals surface area contributed by atoms with Gasteiger partial charge in [0.05, 0.1) is 17.8 Å². The lowest BCUT2D eigenvalue weighted by molar-refractivity contribution is -0.125. The standard InChI is InChI=1S/C17H15BrClN3O4/c18-12-3-1-2-4-13(12)22-15(23)8-21-16(24)9-26-14-6-5-10(19)7-11(14)17(20)25/h1-7H,8-9H2,(H2,20,25)(H,21,24)(H,22,23). The summed E-state index contributed by atoms with van der Waals surface area (Å²) < 4.78 is 6.00. The molecule has 2 rings (SSSR count). The molecule has 0 atom stereocenters. The Hall–Kier alpha value is -2.58. The van der Waals surface area contributed by atoms with Crippen LogP contribution >= 0.6 is 27.5 Å². The fourth-order valence-corrected chi connectivity index (χ4v) is 2.51. The second-order valence-corrected chi connectivity index (χ2v) is 6.39. The minimum absolute atomic E-state index is 0.0666. The number of hydrogen-bond acceptors (Lipinski definition) is 4. The molecule has 0 bridgehead atoms. The van der Waals surface area contributed by atoms with Gasteiger partial charge in [-0.1, -0.05) is 23.7 Å². The smallest absolute Gasteiger partial charge is 0.258 e. The Morgan fingerprint density at radius 1 is 1.12 bits per heavy atom. The zero-order chi connectivity index (χ0) is 19.1. The van der Waals surface area contributed by atoms with Crippen LogP contribution in [0.3, 0.4) is 0 Å². The van der Waals surface area contributed by atoms with Crippen molar-refractivity contribution in [3.63, 3.8) is 0 Å². The molecule has 0 saturated heterocycles. The van der Waals surface area contributed by atoms with Gasteiger partial charge in [-0.2, -0.15) is 0 Å². The summed E-state index contributed by atoms with van der Waals surface area (Å²) >= 11 is 9.11. The Kier molecular flexibility index (Phi) is 6.99. The Morgan fingerprint density at radius 3 is 2.54 bits per heavy atom. The molecule has 0 aromatic heterocycles. The fraction of sp³-hybridized carbons (Fsp3) is 0.118. The second-order valence-electron chi connectivity index (χ2n) is 5.10. The van der Waals surface area contributed by atoms with Gasteiger partial charge in [-0.15, -0.1) is 0 Å². The summed E-state index contributed by atoms with van der Waals surface area (Å²) in [7, 11) is 0. The van der Waals surface area contributed by atoms with Crippen LogP contribution in [0.2, 0.25) is 5.02 Å². The van der Waals surface area contributed by atoms with Crippen LogP contribution < -0.4 is 21.1 Å². The average molecular weight is 441 g/mol. The number of hydrogen-bond donors (Lipinski definition) is 3. The molecule has 136 valence electrons. The first-order valence-electron chi connectivity index (χ1n) is 7.40. The maximum atomic E-state index is 11.9. The Balaban J connectivity index is 1.83. The third-order valence-corrected chi connectivity index (χ3v) is 4.09. The summed E-state index contributed by atoms with van der Waals surface area (Å²) in [5.74, 6) is -1.52. The van der Waals surface area contributed by atoms with Gasteiger partial charge in [0.25, 0.3) is 11.8 Å². The van der Waals surface area contributed by atoms with Gasteiger partial charge in [0, 0.05) is 9.50 Å². The number of ether oxygens (including phenoxy) is 1. The highest BCUT2D eigenvalue weighted by Crippen LogP contribution is 2.22. The first-order chi connectivity index (χ1) is 12.4. The molecule has 0 fully saturated rings. The van der Waals surface area contributed by atoms with Crippen molar-refractivity contribution < 1.29 is 19.1 Å². The van der Waals surface area contributed by atoms with E-state index in [1.807, 2.05) is 6.07 Å². The maximum Gasteiger partial charge on any atom is 0.258 e. The normalized spacial score (nSPS) is 10.1. The molecule has 2 aromatic rings. The quantitative estimate of drug-likeness (QED) is 0.613. The van der Waals surface area contributed by atoms with Crippen molar-refractivity contribution in [1.82, 2.24) is 5.32 Å². The monoisotopic (exact) mass is 439 g/mol. The van der Waals surface area contributed by atoms with Crippen molar-refractivity contribution in [3.05, 3.63) is 57.5 Å². The number of primary amides is 1. The maximum absolute atomic E-state index is 11.9. The largest absolute Gasteiger partial charge is 0.483 e. The van der Waals surface area contributed by atoms with Gasteiger partial charge in [0.1, 0.15) is 5.75 Å². The molecule has 0 radical (unpaired) electrons. The van der Waals surface area contributed by atoms with E-state index < -0.39 is 17.7 Å². The molecule has 3 amide bonds. The summed E-state index contributed by atoms with van der Waals surface area (Å²) in [5.41, 5.74) is 5.90. The van der Waals surface area contributed by atoms with Crippen molar-refractivity contribution in [2.75, 3.05) is 18.5 Å². The minimum atomic E-state index is -0.726. The predicted octanol–water partition coefficient (Wildman–Crippen LogP) is 2.34. The molecular formula is C17H15BrClN3O4.